The van der Waals surface area contributed by atoms with E-state index in [4.69, 9.17) is 16.6 Å². The van der Waals surface area contributed by atoms with Crippen LogP contribution in [0.25, 0.3) is 17.1 Å². The zero-order valence-electron chi connectivity index (χ0n) is 15.3. The number of hydrogen-bond donors (Lipinski definition) is 1. The van der Waals surface area contributed by atoms with Crippen LogP contribution in [0.5, 0.6) is 0 Å². The van der Waals surface area contributed by atoms with Crippen LogP contribution < -0.4 is 5.32 Å². The number of aromatic nitrogens is 2. The molecule has 0 radical (unpaired) electrons. The Labute approximate surface area is 159 Å². The van der Waals surface area contributed by atoms with Crippen molar-refractivity contribution in [1.82, 2.24) is 14.9 Å². The van der Waals surface area contributed by atoms with Crippen LogP contribution in [0.2, 0.25) is 5.02 Å². The van der Waals surface area contributed by atoms with Gasteiger partial charge in [0.15, 0.2) is 0 Å². The van der Waals surface area contributed by atoms with Gasteiger partial charge in [-0.1, -0.05) is 29.8 Å². The Morgan fingerprint density at radius 2 is 1.96 bits per heavy atom. The minimum atomic E-state index is 0.460. The average Bonchev–Trinajstić information content (AvgIpc) is 3.25. The Hall–Kier alpha value is -2.10. The summed E-state index contributed by atoms with van der Waals surface area (Å²) in [6, 6.07) is 13.0. The van der Waals surface area contributed by atoms with Crippen LogP contribution >= 0.6 is 11.6 Å². The number of imidazole rings is 1. The normalized spacial score (nSPS) is 17.6. The Kier molecular flexibility index (Phi) is 4.84. The minimum absolute atomic E-state index is 0.460. The first-order valence-electron chi connectivity index (χ1n) is 9.24. The van der Waals surface area contributed by atoms with Gasteiger partial charge in [0.05, 0.1) is 11.0 Å². The first-order chi connectivity index (χ1) is 12.6. The van der Waals surface area contributed by atoms with Crippen LogP contribution in [0.1, 0.15) is 35.4 Å². The van der Waals surface area contributed by atoms with Gasteiger partial charge >= 0.3 is 0 Å². The molecule has 1 saturated heterocycles. The van der Waals surface area contributed by atoms with E-state index < -0.39 is 0 Å². The van der Waals surface area contributed by atoms with Gasteiger partial charge in [0, 0.05) is 17.6 Å². The van der Waals surface area contributed by atoms with Gasteiger partial charge in [0.1, 0.15) is 5.82 Å². The van der Waals surface area contributed by atoms with Crippen LogP contribution in [-0.2, 0) is 6.54 Å². The highest BCUT2D eigenvalue weighted by Gasteiger charge is 2.13. The molecule has 2 aromatic carbocycles. The standard InChI is InChI=1S/C22H24ClN3/c1-15-12-20-21(13-16(15)2)26(14-17-5-7-18(23)8-6-17)22(25-20)10-9-19-4-3-11-24-19/h5-10,12-13,19,24H,3-4,11,14H2,1-2H3. The first kappa shape index (κ1) is 17.3. The molecule has 4 heteroatoms. The molecule has 0 aliphatic carbocycles. The van der Waals surface area contributed by atoms with Crippen molar-refractivity contribution in [2.45, 2.75) is 39.3 Å². The molecule has 3 nitrogen and oxygen atoms in total. The van der Waals surface area contributed by atoms with Crippen molar-refractivity contribution in [2.24, 2.45) is 0 Å². The highest BCUT2D eigenvalue weighted by molar-refractivity contribution is 6.30. The summed E-state index contributed by atoms with van der Waals surface area (Å²) in [5.74, 6) is 1.01. The lowest BCUT2D eigenvalue weighted by Gasteiger charge is -2.09. The smallest absolute Gasteiger partial charge is 0.133 e. The topological polar surface area (TPSA) is 29.9 Å². The molecule has 1 aliphatic rings. The van der Waals surface area contributed by atoms with Crippen molar-refractivity contribution in [3.63, 3.8) is 0 Å². The van der Waals surface area contributed by atoms with Gasteiger partial charge in [-0.15, -0.1) is 0 Å². The molecule has 4 rings (SSSR count). The van der Waals surface area contributed by atoms with Gasteiger partial charge in [-0.3, -0.25) is 0 Å². The molecule has 0 amide bonds. The second kappa shape index (κ2) is 7.26. The zero-order valence-corrected chi connectivity index (χ0v) is 16.1. The second-order valence-corrected chi connectivity index (χ2v) is 7.61. The number of benzene rings is 2. The lowest BCUT2D eigenvalue weighted by atomic mass is 10.1. The van der Waals surface area contributed by atoms with Crippen molar-refractivity contribution in [3.8, 4) is 0 Å². The molecule has 0 spiro atoms. The molecule has 3 aromatic rings. The SMILES string of the molecule is Cc1cc2nc(C=CC3CCCN3)n(Cc3ccc(Cl)cc3)c2cc1C. The third-order valence-corrected chi connectivity index (χ3v) is 5.48. The van der Waals surface area contributed by atoms with Gasteiger partial charge in [0.2, 0.25) is 0 Å². The van der Waals surface area contributed by atoms with Crippen LogP contribution in [0.15, 0.2) is 42.5 Å². The molecule has 1 fully saturated rings. The molecule has 0 bridgehead atoms. The minimum Gasteiger partial charge on any atom is -0.320 e. The van der Waals surface area contributed by atoms with Crippen LogP contribution in [-0.4, -0.2) is 22.1 Å². The van der Waals surface area contributed by atoms with Crippen LogP contribution in [0.4, 0.5) is 0 Å². The lowest BCUT2D eigenvalue weighted by molar-refractivity contribution is 0.728. The predicted octanol–water partition coefficient (Wildman–Crippen LogP) is 5.12. The van der Waals surface area contributed by atoms with E-state index in [1.54, 1.807) is 0 Å². The fraction of sp³-hybridized carbons (Fsp3) is 0.318. The molecule has 0 saturated carbocycles. The number of halogens is 1. The van der Waals surface area contributed by atoms with E-state index >= 15 is 0 Å². The molecule has 26 heavy (non-hydrogen) atoms. The molecule has 1 unspecified atom stereocenters. The van der Waals surface area contributed by atoms with E-state index in [-0.39, 0.29) is 0 Å². The largest absolute Gasteiger partial charge is 0.320 e. The monoisotopic (exact) mass is 365 g/mol. The second-order valence-electron chi connectivity index (χ2n) is 7.17. The van der Waals surface area contributed by atoms with Gasteiger partial charge in [-0.05, 0) is 80.3 Å². The van der Waals surface area contributed by atoms with Gasteiger partial charge in [-0.25, -0.2) is 4.98 Å². The number of aryl methyl sites for hydroxylation is 2. The van der Waals surface area contributed by atoms with Crippen molar-refractivity contribution in [3.05, 3.63) is 70.0 Å². The molecule has 134 valence electrons. The molecular weight excluding hydrogens is 342 g/mol. The van der Waals surface area contributed by atoms with Gasteiger partial charge < -0.3 is 9.88 Å². The Balaban J connectivity index is 1.76. The van der Waals surface area contributed by atoms with E-state index in [1.165, 1.54) is 35.0 Å². The fourth-order valence-corrected chi connectivity index (χ4v) is 3.67. The summed E-state index contributed by atoms with van der Waals surface area (Å²) in [4.78, 5) is 4.91. The third-order valence-electron chi connectivity index (χ3n) is 5.22. The van der Waals surface area contributed by atoms with E-state index in [9.17, 15) is 0 Å². The summed E-state index contributed by atoms with van der Waals surface area (Å²) < 4.78 is 2.30. The summed E-state index contributed by atoms with van der Waals surface area (Å²) in [5.41, 5.74) is 6.04. The summed E-state index contributed by atoms with van der Waals surface area (Å²) in [5, 5.41) is 4.28. The Morgan fingerprint density at radius 3 is 2.69 bits per heavy atom. The summed E-state index contributed by atoms with van der Waals surface area (Å²) >= 11 is 6.04. The van der Waals surface area contributed by atoms with E-state index in [2.05, 4.69) is 60.1 Å². The Morgan fingerprint density at radius 1 is 1.19 bits per heavy atom. The van der Waals surface area contributed by atoms with Crippen LogP contribution in [0.3, 0.4) is 0 Å². The summed E-state index contributed by atoms with van der Waals surface area (Å²) in [6.45, 7) is 6.19. The number of hydrogen-bond acceptors (Lipinski definition) is 2. The number of fused-ring (bicyclic) bond motifs is 1. The molecule has 1 atom stereocenters. The van der Waals surface area contributed by atoms with E-state index in [0.29, 0.717) is 6.04 Å². The van der Waals surface area contributed by atoms with E-state index in [1.807, 2.05) is 12.1 Å². The fourth-order valence-electron chi connectivity index (χ4n) is 3.54. The molecule has 1 aromatic heterocycles. The highest BCUT2D eigenvalue weighted by atomic mass is 35.5. The van der Waals surface area contributed by atoms with E-state index in [0.717, 1.165) is 29.5 Å². The maximum Gasteiger partial charge on any atom is 0.133 e. The van der Waals surface area contributed by atoms with Gasteiger partial charge in [0.25, 0.3) is 0 Å². The lowest BCUT2D eigenvalue weighted by Crippen LogP contribution is -2.18. The molecule has 1 aliphatic heterocycles. The predicted molar refractivity (Wildman–Crippen MR) is 110 cm³/mol. The number of rotatable bonds is 4. The van der Waals surface area contributed by atoms with Crippen LogP contribution in [0, 0.1) is 13.8 Å². The maximum absolute atomic E-state index is 6.04. The number of nitrogens with zero attached hydrogens (tertiary/aromatic N) is 2. The van der Waals surface area contributed by atoms with Crippen molar-refractivity contribution in [1.29, 1.82) is 0 Å². The average molecular weight is 366 g/mol. The summed E-state index contributed by atoms with van der Waals surface area (Å²) in [6.07, 6.45) is 6.87. The maximum atomic E-state index is 6.04. The summed E-state index contributed by atoms with van der Waals surface area (Å²) in [7, 11) is 0. The van der Waals surface area contributed by atoms with Gasteiger partial charge in [-0.2, -0.15) is 0 Å². The van der Waals surface area contributed by atoms with Crippen molar-refractivity contribution in [2.75, 3.05) is 6.54 Å². The zero-order chi connectivity index (χ0) is 18.1. The first-order valence-corrected chi connectivity index (χ1v) is 9.61. The Bertz CT molecular complexity index is 948. The molecular formula is C22H24ClN3. The molecule has 2 heterocycles. The third kappa shape index (κ3) is 3.55. The van der Waals surface area contributed by atoms with Crippen molar-refractivity contribution >= 4 is 28.7 Å². The van der Waals surface area contributed by atoms with Crippen molar-refractivity contribution < 1.29 is 0 Å². The number of nitrogens with one attached hydrogen (secondary N) is 1. The molecule has 1 N–H and O–H groups in total. The quantitative estimate of drug-likeness (QED) is 0.695. The highest BCUT2D eigenvalue weighted by Crippen LogP contribution is 2.23.